The molecule has 0 bridgehead atoms. The Balaban J connectivity index is 2.26. The minimum Gasteiger partial charge on any atom is -0.321 e. The first-order chi connectivity index (χ1) is 9.68. The van der Waals surface area contributed by atoms with Gasteiger partial charge < -0.3 is 4.98 Å². The Kier molecular flexibility index (Phi) is 2.19. The molecule has 1 unspecified atom stereocenters. The lowest BCUT2D eigenvalue weighted by Crippen LogP contribution is -2.14. The molecule has 2 nitrogen and oxygen atoms in total. The van der Waals surface area contributed by atoms with Crippen LogP contribution in [0.5, 0.6) is 0 Å². The van der Waals surface area contributed by atoms with E-state index in [0.29, 0.717) is 0 Å². The van der Waals surface area contributed by atoms with Gasteiger partial charge in [-0.1, -0.05) is 49.4 Å². The molecule has 0 saturated heterocycles. The molecule has 0 amide bonds. The van der Waals surface area contributed by atoms with Gasteiger partial charge in [0.1, 0.15) is 0 Å². The first-order valence-corrected chi connectivity index (χ1v) is 6.93. The molecule has 20 heavy (non-hydrogen) atoms. The molecule has 0 fully saturated rings. The van der Waals surface area contributed by atoms with Crippen LogP contribution in [0.3, 0.4) is 0 Å². The van der Waals surface area contributed by atoms with Crippen LogP contribution in [-0.2, 0) is 0 Å². The molecule has 1 heterocycles. The molecule has 1 aliphatic carbocycles. The van der Waals surface area contributed by atoms with Crippen LogP contribution in [0.1, 0.15) is 29.5 Å². The normalized spacial score (nSPS) is 16.2. The Morgan fingerprint density at radius 3 is 2.70 bits per heavy atom. The molecule has 3 aromatic rings. The van der Waals surface area contributed by atoms with E-state index >= 15 is 0 Å². The van der Waals surface area contributed by atoms with E-state index in [2.05, 4.69) is 36.2 Å². The standard InChI is InChI=1S/C18H15NO/c1-10-6-5-9-14-16-13-8-4-3-7-12(13)11(2)15(16)18(20)19-17(10)14/h3-9,11H,1-2H3,(H,19,20). The number of aryl methyl sites for hydroxylation is 1. The van der Waals surface area contributed by atoms with Crippen molar-refractivity contribution in [2.75, 3.05) is 0 Å². The van der Waals surface area contributed by atoms with Crippen LogP contribution in [0.2, 0.25) is 0 Å². The van der Waals surface area contributed by atoms with E-state index < -0.39 is 0 Å². The van der Waals surface area contributed by atoms with Crippen LogP contribution >= 0.6 is 0 Å². The summed E-state index contributed by atoms with van der Waals surface area (Å²) in [6.07, 6.45) is 0. The number of nitrogens with one attached hydrogen (secondary N) is 1. The number of hydrogen-bond donors (Lipinski definition) is 1. The van der Waals surface area contributed by atoms with Gasteiger partial charge in [-0.3, -0.25) is 4.79 Å². The minimum absolute atomic E-state index is 0.0468. The van der Waals surface area contributed by atoms with E-state index in [1.165, 1.54) is 11.1 Å². The molecule has 1 N–H and O–H groups in total. The van der Waals surface area contributed by atoms with Crippen molar-refractivity contribution in [3.05, 3.63) is 69.5 Å². The summed E-state index contributed by atoms with van der Waals surface area (Å²) >= 11 is 0. The van der Waals surface area contributed by atoms with Gasteiger partial charge in [-0.15, -0.1) is 0 Å². The van der Waals surface area contributed by atoms with Gasteiger partial charge in [-0.05, 0) is 23.6 Å². The largest absolute Gasteiger partial charge is 0.321 e. The van der Waals surface area contributed by atoms with Crippen LogP contribution in [-0.4, -0.2) is 4.98 Å². The third-order valence-electron chi connectivity index (χ3n) is 4.42. The van der Waals surface area contributed by atoms with E-state index in [4.69, 9.17) is 0 Å². The zero-order chi connectivity index (χ0) is 13.9. The number of para-hydroxylation sites is 1. The molecule has 0 radical (unpaired) electrons. The van der Waals surface area contributed by atoms with Crippen LogP contribution in [0, 0.1) is 6.92 Å². The molecule has 2 heteroatoms. The number of rotatable bonds is 0. The maximum atomic E-state index is 12.5. The van der Waals surface area contributed by atoms with Gasteiger partial charge in [-0.25, -0.2) is 0 Å². The number of aromatic nitrogens is 1. The summed E-state index contributed by atoms with van der Waals surface area (Å²) < 4.78 is 0. The summed E-state index contributed by atoms with van der Waals surface area (Å²) in [5, 5.41) is 1.15. The lowest BCUT2D eigenvalue weighted by molar-refractivity contribution is 0.933. The second-order valence-electron chi connectivity index (χ2n) is 5.55. The Hall–Kier alpha value is -2.35. The molecule has 0 spiro atoms. The first kappa shape index (κ1) is 11.5. The van der Waals surface area contributed by atoms with Crippen molar-refractivity contribution in [3.63, 3.8) is 0 Å². The van der Waals surface area contributed by atoms with Crippen molar-refractivity contribution in [1.82, 2.24) is 4.98 Å². The number of fused-ring (bicyclic) bond motifs is 5. The van der Waals surface area contributed by atoms with E-state index in [1.807, 2.05) is 25.1 Å². The molecule has 1 aliphatic rings. The van der Waals surface area contributed by atoms with Crippen molar-refractivity contribution in [3.8, 4) is 11.1 Å². The number of benzene rings is 2. The highest BCUT2D eigenvalue weighted by atomic mass is 16.1. The summed E-state index contributed by atoms with van der Waals surface area (Å²) in [5.74, 6) is 0.162. The van der Waals surface area contributed by atoms with Crippen LogP contribution in [0.15, 0.2) is 47.3 Å². The van der Waals surface area contributed by atoms with Crippen molar-refractivity contribution in [2.45, 2.75) is 19.8 Å². The predicted octanol–water partition coefficient (Wildman–Crippen LogP) is 3.97. The second kappa shape index (κ2) is 3.83. The molecule has 1 atom stereocenters. The molecule has 1 aromatic heterocycles. The minimum atomic E-state index is 0.0468. The van der Waals surface area contributed by atoms with E-state index in [1.54, 1.807) is 0 Å². The topological polar surface area (TPSA) is 32.9 Å². The van der Waals surface area contributed by atoms with Crippen LogP contribution in [0.4, 0.5) is 0 Å². The van der Waals surface area contributed by atoms with E-state index in [-0.39, 0.29) is 11.5 Å². The van der Waals surface area contributed by atoms with Crippen molar-refractivity contribution in [2.24, 2.45) is 0 Å². The van der Waals surface area contributed by atoms with Crippen LogP contribution in [0.25, 0.3) is 22.0 Å². The quantitative estimate of drug-likeness (QED) is 0.652. The summed E-state index contributed by atoms with van der Waals surface area (Å²) in [4.78, 5) is 15.6. The monoisotopic (exact) mass is 261 g/mol. The maximum absolute atomic E-state index is 12.5. The third-order valence-corrected chi connectivity index (χ3v) is 4.42. The molecular formula is C18H15NO. The zero-order valence-corrected chi connectivity index (χ0v) is 11.5. The average Bonchev–Trinajstić information content (AvgIpc) is 2.76. The van der Waals surface area contributed by atoms with Gasteiger partial charge in [0.05, 0.1) is 5.52 Å². The Morgan fingerprint density at radius 2 is 1.85 bits per heavy atom. The van der Waals surface area contributed by atoms with E-state index in [9.17, 15) is 4.79 Å². The smallest absolute Gasteiger partial charge is 0.252 e. The third kappa shape index (κ3) is 1.31. The maximum Gasteiger partial charge on any atom is 0.252 e. The second-order valence-corrected chi connectivity index (χ2v) is 5.55. The summed E-state index contributed by atoms with van der Waals surface area (Å²) in [5.41, 5.74) is 6.60. The highest BCUT2D eigenvalue weighted by Crippen LogP contribution is 2.45. The van der Waals surface area contributed by atoms with E-state index in [0.717, 1.165) is 27.6 Å². The van der Waals surface area contributed by atoms with Gasteiger partial charge in [0.25, 0.3) is 5.56 Å². The summed E-state index contributed by atoms with van der Waals surface area (Å²) in [6.45, 7) is 4.15. The highest BCUT2D eigenvalue weighted by molar-refractivity contribution is 6.00. The van der Waals surface area contributed by atoms with Gasteiger partial charge in [0, 0.05) is 22.4 Å². The fourth-order valence-electron chi connectivity index (χ4n) is 3.44. The van der Waals surface area contributed by atoms with Gasteiger partial charge in [-0.2, -0.15) is 0 Å². The van der Waals surface area contributed by atoms with Gasteiger partial charge >= 0.3 is 0 Å². The van der Waals surface area contributed by atoms with Crippen molar-refractivity contribution < 1.29 is 0 Å². The molecule has 0 saturated carbocycles. The van der Waals surface area contributed by atoms with Gasteiger partial charge in [0.15, 0.2) is 0 Å². The number of pyridine rings is 1. The molecule has 0 aliphatic heterocycles. The summed E-state index contributed by atoms with van der Waals surface area (Å²) in [7, 11) is 0. The Morgan fingerprint density at radius 1 is 1.05 bits per heavy atom. The number of hydrogen-bond acceptors (Lipinski definition) is 1. The lowest BCUT2D eigenvalue weighted by atomic mass is 9.98. The average molecular weight is 261 g/mol. The fraction of sp³-hybridized carbons (Fsp3) is 0.167. The Labute approximate surface area is 117 Å². The van der Waals surface area contributed by atoms with Crippen molar-refractivity contribution >= 4 is 10.9 Å². The van der Waals surface area contributed by atoms with Crippen molar-refractivity contribution in [1.29, 1.82) is 0 Å². The molecule has 2 aromatic carbocycles. The molecule has 98 valence electrons. The van der Waals surface area contributed by atoms with Crippen LogP contribution < -0.4 is 5.56 Å². The predicted molar refractivity (Wildman–Crippen MR) is 82.3 cm³/mol. The zero-order valence-electron chi connectivity index (χ0n) is 11.5. The molecule has 4 rings (SSSR count). The lowest BCUT2D eigenvalue weighted by Gasteiger charge is -2.09. The summed E-state index contributed by atoms with van der Waals surface area (Å²) in [6, 6.07) is 14.5. The Bertz CT molecular complexity index is 905. The van der Waals surface area contributed by atoms with Gasteiger partial charge in [0.2, 0.25) is 0 Å². The number of aromatic amines is 1. The SMILES string of the molecule is Cc1cccc2c3c(c(=O)[nH]c12)C(C)c1ccccc1-3. The highest BCUT2D eigenvalue weighted by Gasteiger charge is 2.29. The fourth-order valence-corrected chi connectivity index (χ4v) is 3.44. The first-order valence-electron chi connectivity index (χ1n) is 6.93. The molecular weight excluding hydrogens is 246 g/mol. The number of H-pyrrole nitrogens is 1.